The summed E-state index contributed by atoms with van der Waals surface area (Å²) in [5.41, 5.74) is -0.627. The molecule has 0 aromatic rings. The molecule has 1 amide bonds. The lowest BCUT2D eigenvalue weighted by Crippen LogP contribution is -2.40. The number of ether oxygens (including phenoxy) is 1. The summed E-state index contributed by atoms with van der Waals surface area (Å²) in [6.45, 7) is 4.54. The van der Waals surface area contributed by atoms with E-state index in [0.29, 0.717) is 0 Å². The molecule has 0 aromatic carbocycles. The van der Waals surface area contributed by atoms with Gasteiger partial charge in [-0.25, -0.2) is 9.59 Å². The summed E-state index contributed by atoms with van der Waals surface area (Å²) in [5, 5.41) is 12.9. The Morgan fingerprint density at radius 3 is 1.78 bits per heavy atom. The second-order valence-electron chi connectivity index (χ2n) is 8.48. The molecule has 2 rings (SSSR count). The Morgan fingerprint density at radius 2 is 1.41 bits per heavy atom. The van der Waals surface area contributed by atoms with Gasteiger partial charge in [0.15, 0.2) is 6.61 Å². The third-order valence-corrected chi connectivity index (χ3v) is 4.71. The predicted molar refractivity (Wildman–Crippen MR) is 104 cm³/mol. The summed E-state index contributed by atoms with van der Waals surface area (Å²) in [7, 11) is 1.29. The number of hydrogen-bond donors (Lipinski definition) is 2. The summed E-state index contributed by atoms with van der Waals surface area (Å²) in [5.74, 6) is -1.15. The Kier molecular flexibility index (Phi) is 10.7. The molecular formula is C20H38N2O5. The van der Waals surface area contributed by atoms with Crippen LogP contribution in [0.25, 0.3) is 0 Å². The molecular weight excluding hydrogens is 348 g/mol. The van der Waals surface area contributed by atoms with E-state index in [0.717, 1.165) is 17.1 Å². The van der Waals surface area contributed by atoms with Gasteiger partial charge in [-0.3, -0.25) is 4.84 Å². The SMILES string of the molecule is C1CCC(NC2CCCCC2)CC1.CN(OCC(=O)O)C(=O)OC(C)(C)C. The van der Waals surface area contributed by atoms with Crippen LogP contribution in [0.15, 0.2) is 0 Å². The first-order valence-corrected chi connectivity index (χ1v) is 10.2. The van der Waals surface area contributed by atoms with Crippen molar-refractivity contribution in [1.29, 1.82) is 0 Å². The van der Waals surface area contributed by atoms with E-state index >= 15 is 0 Å². The van der Waals surface area contributed by atoms with Crippen molar-refractivity contribution in [2.45, 2.75) is 103 Å². The third kappa shape index (κ3) is 11.9. The molecule has 2 N–H and O–H groups in total. The molecule has 2 aliphatic rings. The molecule has 0 saturated heterocycles. The number of aliphatic carboxylic acids is 1. The number of nitrogens with zero attached hydrogens (tertiary/aromatic N) is 1. The molecule has 158 valence electrons. The van der Waals surface area contributed by atoms with E-state index in [9.17, 15) is 9.59 Å². The Bertz CT molecular complexity index is 422. The van der Waals surface area contributed by atoms with E-state index < -0.39 is 24.3 Å². The fourth-order valence-corrected chi connectivity index (χ4v) is 3.40. The van der Waals surface area contributed by atoms with Crippen LogP contribution < -0.4 is 5.32 Å². The van der Waals surface area contributed by atoms with Crippen LogP contribution in [0.4, 0.5) is 4.79 Å². The number of rotatable bonds is 5. The standard InChI is InChI=1S/C12H23N.C8H15NO5/c1-3-7-11(8-4-1)13-12-9-5-2-6-10-12;1-8(2,3)14-7(12)9(4)13-5-6(10)11/h11-13H,1-10H2;5H2,1-4H3,(H,10,11). The number of hydrogen-bond acceptors (Lipinski definition) is 5. The van der Waals surface area contributed by atoms with Crippen molar-refractivity contribution in [2.24, 2.45) is 0 Å². The molecule has 0 unspecified atom stereocenters. The molecule has 2 fully saturated rings. The van der Waals surface area contributed by atoms with Gasteiger partial charge in [-0.15, -0.1) is 0 Å². The van der Waals surface area contributed by atoms with E-state index in [-0.39, 0.29) is 0 Å². The summed E-state index contributed by atoms with van der Waals surface area (Å²) in [6, 6.07) is 1.74. The van der Waals surface area contributed by atoms with Crippen LogP contribution in [0.1, 0.15) is 85.0 Å². The molecule has 2 saturated carbocycles. The van der Waals surface area contributed by atoms with Crippen molar-refractivity contribution in [1.82, 2.24) is 10.4 Å². The lowest BCUT2D eigenvalue weighted by molar-refractivity contribution is -0.165. The van der Waals surface area contributed by atoms with Crippen molar-refractivity contribution >= 4 is 12.1 Å². The van der Waals surface area contributed by atoms with Crippen LogP contribution in [0, 0.1) is 0 Å². The topological polar surface area (TPSA) is 88.1 Å². The zero-order chi connectivity index (χ0) is 20.3. The molecule has 27 heavy (non-hydrogen) atoms. The minimum atomic E-state index is -1.15. The maximum Gasteiger partial charge on any atom is 0.434 e. The van der Waals surface area contributed by atoms with Gasteiger partial charge in [0.2, 0.25) is 0 Å². The summed E-state index contributed by atoms with van der Waals surface area (Å²) < 4.78 is 4.90. The molecule has 7 heteroatoms. The summed E-state index contributed by atoms with van der Waals surface area (Å²) >= 11 is 0. The fourth-order valence-electron chi connectivity index (χ4n) is 3.40. The van der Waals surface area contributed by atoms with Crippen molar-refractivity contribution in [3.8, 4) is 0 Å². The number of carboxylic acids is 1. The van der Waals surface area contributed by atoms with E-state index in [1.165, 1.54) is 71.3 Å². The number of carboxylic acid groups (broad SMARTS) is 1. The second kappa shape index (κ2) is 12.2. The van der Waals surface area contributed by atoms with Gasteiger partial charge in [-0.2, -0.15) is 5.06 Å². The van der Waals surface area contributed by atoms with Gasteiger partial charge in [-0.1, -0.05) is 38.5 Å². The number of carbonyl (C=O) groups excluding carboxylic acids is 1. The van der Waals surface area contributed by atoms with Crippen LogP contribution >= 0.6 is 0 Å². The zero-order valence-corrected chi connectivity index (χ0v) is 17.5. The molecule has 7 nitrogen and oxygen atoms in total. The zero-order valence-electron chi connectivity index (χ0n) is 17.5. The third-order valence-electron chi connectivity index (χ3n) is 4.71. The molecule has 0 atom stereocenters. The minimum absolute atomic E-state index is 0.574. The smallest absolute Gasteiger partial charge is 0.434 e. The normalized spacial score (nSPS) is 19.0. The second-order valence-corrected chi connectivity index (χ2v) is 8.48. The minimum Gasteiger partial charge on any atom is -0.479 e. The largest absolute Gasteiger partial charge is 0.479 e. The van der Waals surface area contributed by atoms with Crippen LogP contribution in [-0.4, -0.2) is 53.6 Å². The highest BCUT2D eigenvalue weighted by Gasteiger charge is 2.21. The Labute approximate surface area is 163 Å². The van der Waals surface area contributed by atoms with Crippen LogP contribution in [0.5, 0.6) is 0 Å². The lowest BCUT2D eigenvalue weighted by Gasteiger charge is -2.30. The first-order valence-electron chi connectivity index (χ1n) is 10.2. The highest BCUT2D eigenvalue weighted by Crippen LogP contribution is 2.22. The maximum atomic E-state index is 11.2. The average molecular weight is 387 g/mol. The number of amides is 1. The van der Waals surface area contributed by atoms with Crippen molar-refractivity contribution in [3.05, 3.63) is 0 Å². The molecule has 0 bridgehead atoms. The number of hydroxylamine groups is 2. The van der Waals surface area contributed by atoms with Gasteiger partial charge >= 0.3 is 12.1 Å². The van der Waals surface area contributed by atoms with E-state index in [1.54, 1.807) is 20.8 Å². The quantitative estimate of drug-likeness (QED) is 0.691. The molecule has 0 spiro atoms. The molecule has 0 aliphatic heterocycles. The van der Waals surface area contributed by atoms with Crippen LogP contribution in [-0.2, 0) is 14.4 Å². The fraction of sp³-hybridized carbons (Fsp3) is 0.900. The van der Waals surface area contributed by atoms with Crippen molar-refractivity contribution in [2.75, 3.05) is 13.7 Å². The monoisotopic (exact) mass is 386 g/mol. The highest BCUT2D eigenvalue weighted by molar-refractivity contribution is 5.69. The molecule has 0 heterocycles. The number of nitrogens with one attached hydrogen (secondary N) is 1. The highest BCUT2D eigenvalue weighted by atomic mass is 16.7. The van der Waals surface area contributed by atoms with E-state index in [4.69, 9.17) is 9.84 Å². The number of carbonyl (C=O) groups is 2. The van der Waals surface area contributed by atoms with Gasteiger partial charge in [-0.05, 0) is 46.5 Å². The lowest BCUT2D eigenvalue weighted by atomic mass is 9.91. The van der Waals surface area contributed by atoms with Gasteiger partial charge in [0, 0.05) is 19.1 Å². The maximum absolute atomic E-state index is 11.2. The van der Waals surface area contributed by atoms with E-state index in [2.05, 4.69) is 10.2 Å². The Hall–Kier alpha value is -1.34. The van der Waals surface area contributed by atoms with E-state index in [1.807, 2.05) is 0 Å². The summed E-state index contributed by atoms with van der Waals surface area (Å²) in [6.07, 6.45) is 13.8. The molecule has 2 aliphatic carbocycles. The molecule has 0 radical (unpaired) electrons. The van der Waals surface area contributed by atoms with Crippen molar-refractivity contribution < 1.29 is 24.3 Å². The van der Waals surface area contributed by atoms with Gasteiger partial charge in [0.25, 0.3) is 0 Å². The Morgan fingerprint density at radius 1 is 0.963 bits per heavy atom. The van der Waals surface area contributed by atoms with Crippen molar-refractivity contribution in [3.63, 3.8) is 0 Å². The average Bonchev–Trinajstić information content (AvgIpc) is 2.60. The summed E-state index contributed by atoms with van der Waals surface area (Å²) in [4.78, 5) is 25.8. The Balaban J connectivity index is 0.000000270. The first-order chi connectivity index (χ1) is 12.7. The van der Waals surface area contributed by atoms with Gasteiger partial charge < -0.3 is 15.2 Å². The predicted octanol–water partition coefficient (Wildman–Crippen LogP) is 4.11. The van der Waals surface area contributed by atoms with Crippen LogP contribution in [0.2, 0.25) is 0 Å². The first kappa shape index (κ1) is 23.7. The van der Waals surface area contributed by atoms with Crippen LogP contribution in [0.3, 0.4) is 0 Å². The van der Waals surface area contributed by atoms with Gasteiger partial charge in [0.05, 0.1) is 0 Å². The molecule has 0 aromatic heterocycles. The van der Waals surface area contributed by atoms with Gasteiger partial charge in [0.1, 0.15) is 5.60 Å².